The van der Waals surface area contributed by atoms with Gasteiger partial charge in [0.15, 0.2) is 0 Å². The van der Waals surface area contributed by atoms with Crippen LogP contribution in [-0.4, -0.2) is 17.6 Å². The van der Waals surface area contributed by atoms with Crippen LogP contribution in [0.5, 0.6) is 0 Å². The van der Waals surface area contributed by atoms with E-state index < -0.39 is 0 Å². The molecule has 0 aliphatic carbocycles. The monoisotopic (exact) mass is 282 g/mol. The zero-order valence-electron chi connectivity index (χ0n) is 10.0. The van der Waals surface area contributed by atoms with Crippen molar-refractivity contribution in [2.75, 3.05) is 11.4 Å². The predicted molar refractivity (Wildman–Crippen MR) is 72.0 cm³/mol. The number of rotatable bonds is 2. The summed E-state index contributed by atoms with van der Waals surface area (Å²) >= 11 is 3.47. The number of pyridine rings is 1. The second kappa shape index (κ2) is 5.17. The normalized spacial score (nSPS) is 21.2. The lowest BCUT2D eigenvalue weighted by molar-refractivity contribution is 0.446. The minimum atomic E-state index is 0.682. The second-order valence-corrected chi connectivity index (χ2v) is 5.46. The first-order valence-electron chi connectivity index (χ1n) is 6.11. The summed E-state index contributed by atoms with van der Waals surface area (Å²) in [6, 6.07) is 2.84. The molecule has 0 aromatic carbocycles. The quantitative estimate of drug-likeness (QED) is 0.817. The van der Waals surface area contributed by atoms with E-state index in [1.54, 1.807) is 0 Å². The summed E-state index contributed by atoms with van der Waals surface area (Å²) in [4.78, 5) is 7.07. The highest BCUT2D eigenvalue weighted by Crippen LogP contribution is 2.28. The minimum absolute atomic E-state index is 0.682. The van der Waals surface area contributed by atoms with Crippen LogP contribution in [0.4, 0.5) is 5.82 Å². The first-order chi connectivity index (χ1) is 7.72. The molecule has 1 fully saturated rings. The number of anilines is 1. The number of nitrogens with zero attached hydrogens (tertiary/aromatic N) is 2. The lowest BCUT2D eigenvalue weighted by Crippen LogP contribution is -2.40. The van der Waals surface area contributed by atoms with Crippen molar-refractivity contribution < 1.29 is 0 Å². The molecule has 16 heavy (non-hydrogen) atoms. The van der Waals surface area contributed by atoms with E-state index in [9.17, 15) is 0 Å². The van der Waals surface area contributed by atoms with E-state index in [1.807, 2.05) is 6.20 Å². The first kappa shape index (κ1) is 11.9. The Morgan fingerprint density at radius 1 is 1.50 bits per heavy atom. The van der Waals surface area contributed by atoms with Gasteiger partial charge in [0, 0.05) is 23.3 Å². The highest BCUT2D eigenvalue weighted by Gasteiger charge is 2.22. The Morgan fingerprint density at radius 2 is 2.31 bits per heavy atom. The molecule has 1 aliphatic heterocycles. The van der Waals surface area contributed by atoms with Gasteiger partial charge in [-0.1, -0.05) is 6.92 Å². The van der Waals surface area contributed by atoms with E-state index in [0.29, 0.717) is 6.04 Å². The van der Waals surface area contributed by atoms with E-state index in [-0.39, 0.29) is 0 Å². The Kier molecular flexibility index (Phi) is 3.85. The van der Waals surface area contributed by atoms with Crippen molar-refractivity contribution in [2.45, 2.75) is 45.6 Å². The summed E-state index contributed by atoms with van der Waals surface area (Å²) < 4.78 is 1.07. The highest BCUT2D eigenvalue weighted by atomic mass is 79.9. The fraction of sp³-hybridized carbons (Fsp3) is 0.615. The Bertz CT molecular complexity index is 365. The van der Waals surface area contributed by atoms with Gasteiger partial charge in [0.2, 0.25) is 0 Å². The van der Waals surface area contributed by atoms with Gasteiger partial charge >= 0.3 is 0 Å². The minimum Gasteiger partial charge on any atom is -0.353 e. The zero-order chi connectivity index (χ0) is 11.5. The third-order valence-electron chi connectivity index (χ3n) is 3.39. The molecule has 88 valence electrons. The molecule has 2 nitrogen and oxygen atoms in total. The van der Waals surface area contributed by atoms with E-state index in [0.717, 1.165) is 11.0 Å². The number of hydrogen-bond donors (Lipinski definition) is 0. The zero-order valence-corrected chi connectivity index (χ0v) is 11.6. The first-order valence-corrected chi connectivity index (χ1v) is 6.90. The number of hydrogen-bond acceptors (Lipinski definition) is 2. The van der Waals surface area contributed by atoms with Gasteiger partial charge in [-0.05, 0) is 60.2 Å². The molecular weight excluding hydrogens is 264 g/mol. The summed E-state index contributed by atoms with van der Waals surface area (Å²) in [5.74, 6) is 1.18. The summed E-state index contributed by atoms with van der Waals surface area (Å²) in [7, 11) is 0. The molecule has 1 atom stereocenters. The smallest absolute Gasteiger partial charge is 0.131 e. The number of halogens is 1. The molecule has 2 rings (SSSR count). The molecule has 1 unspecified atom stereocenters. The molecule has 3 heteroatoms. The molecule has 1 aliphatic rings. The Balaban J connectivity index is 2.27. The summed E-state index contributed by atoms with van der Waals surface area (Å²) in [6.45, 7) is 5.58. The van der Waals surface area contributed by atoms with E-state index in [1.165, 1.54) is 37.1 Å². The van der Waals surface area contributed by atoms with Gasteiger partial charge in [-0.25, -0.2) is 4.98 Å². The summed E-state index contributed by atoms with van der Waals surface area (Å²) in [5.41, 5.74) is 1.27. The van der Waals surface area contributed by atoms with Crippen molar-refractivity contribution in [2.24, 2.45) is 0 Å². The molecule has 1 aromatic heterocycles. The maximum absolute atomic E-state index is 4.58. The van der Waals surface area contributed by atoms with Gasteiger partial charge < -0.3 is 4.90 Å². The van der Waals surface area contributed by atoms with Crippen molar-refractivity contribution in [3.8, 4) is 0 Å². The van der Waals surface area contributed by atoms with Crippen LogP contribution in [-0.2, 0) is 0 Å². The van der Waals surface area contributed by atoms with E-state index in [2.05, 4.69) is 45.7 Å². The summed E-state index contributed by atoms with van der Waals surface area (Å²) in [6.07, 6.45) is 7.10. The topological polar surface area (TPSA) is 16.1 Å². The molecule has 0 bridgehead atoms. The lowest BCUT2D eigenvalue weighted by Gasteiger charge is -2.37. The molecule has 0 spiro atoms. The SMILES string of the molecule is CCC1CCCCN1c1ncc(Br)cc1C. The Morgan fingerprint density at radius 3 is 3.00 bits per heavy atom. The van der Waals surface area contributed by atoms with Crippen molar-refractivity contribution in [3.05, 3.63) is 22.3 Å². The molecule has 0 amide bonds. The third-order valence-corrected chi connectivity index (χ3v) is 3.82. The van der Waals surface area contributed by atoms with Crippen LogP contribution >= 0.6 is 15.9 Å². The number of piperidine rings is 1. The lowest BCUT2D eigenvalue weighted by atomic mass is 9.99. The maximum atomic E-state index is 4.58. The molecule has 2 heterocycles. The number of aromatic nitrogens is 1. The molecule has 0 radical (unpaired) electrons. The van der Waals surface area contributed by atoms with Crippen LogP contribution in [0.25, 0.3) is 0 Å². The van der Waals surface area contributed by atoms with E-state index in [4.69, 9.17) is 0 Å². The second-order valence-electron chi connectivity index (χ2n) is 4.55. The average molecular weight is 283 g/mol. The Labute approximate surface area is 106 Å². The highest BCUT2D eigenvalue weighted by molar-refractivity contribution is 9.10. The predicted octanol–water partition coefficient (Wildman–Crippen LogP) is 3.92. The summed E-state index contributed by atoms with van der Waals surface area (Å²) in [5, 5.41) is 0. The Hall–Kier alpha value is -0.570. The standard InChI is InChI=1S/C13H19BrN2/c1-3-12-6-4-5-7-16(12)13-10(2)8-11(14)9-15-13/h8-9,12H,3-7H2,1-2H3. The van der Waals surface area contributed by atoms with Gasteiger partial charge in [0.1, 0.15) is 5.82 Å². The van der Waals surface area contributed by atoms with Crippen molar-refractivity contribution >= 4 is 21.7 Å². The van der Waals surface area contributed by atoms with Gasteiger partial charge in [-0.3, -0.25) is 0 Å². The van der Waals surface area contributed by atoms with Gasteiger partial charge in [-0.15, -0.1) is 0 Å². The average Bonchev–Trinajstić information content (AvgIpc) is 2.29. The van der Waals surface area contributed by atoms with Gasteiger partial charge in [0.25, 0.3) is 0 Å². The maximum Gasteiger partial charge on any atom is 0.131 e. The van der Waals surface area contributed by atoms with Crippen LogP contribution in [0.3, 0.4) is 0 Å². The molecule has 0 saturated carbocycles. The fourth-order valence-corrected chi connectivity index (χ4v) is 2.98. The van der Waals surface area contributed by atoms with Gasteiger partial charge in [-0.2, -0.15) is 0 Å². The molecule has 1 aromatic rings. The van der Waals surface area contributed by atoms with Crippen molar-refractivity contribution in [1.82, 2.24) is 4.98 Å². The fourth-order valence-electron chi connectivity index (χ4n) is 2.54. The van der Waals surface area contributed by atoms with Crippen LogP contribution in [0, 0.1) is 6.92 Å². The van der Waals surface area contributed by atoms with Crippen LogP contribution in [0.15, 0.2) is 16.7 Å². The third kappa shape index (κ3) is 2.40. The van der Waals surface area contributed by atoms with Gasteiger partial charge in [0.05, 0.1) is 0 Å². The largest absolute Gasteiger partial charge is 0.353 e. The van der Waals surface area contributed by atoms with Crippen molar-refractivity contribution in [3.63, 3.8) is 0 Å². The van der Waals surface area contributed by atoms with Crippen LogP contribution in [0.2, 0.25) is 0 Å². The van der Waals surface area contributed by atoms with Crippen LogP contribution in [0.1, 0.15) is 38.2 Å². The molecule has 1 saturated heterocycles. The van der Waals surface area contributed by atoms with Crippen molar-refractivity contribution in [1.29, 1.82) is 0 Å². The molecule has 0 N–H and O–H groups in total. The molecular formula is C13H19BrN2. The number of aryl methyl sites for hydroxylation is 1. The van der Waals surface area contributed by atoms with Crippen LogP contribution < -0.4 is 4.90 Å². The van der Waals surface area contributed by atoms with E-state index >= 15 is 0 Å².